The molecule has 5 rings (SSSR count). The molecule has 1 atom stereocenters. The summed E-state index contributed by atoms with van der Waals surface area (Å²) in [5.74, 6) is -0.270. The van der Waals surface area contributed by atoms with Crippen LogP contribution < -0.4 is 15.4 Å². The van der Waals surface area contributed by atoms with Gasteiger partial charge in [-0.3, -0.25) is 9.59 Å². The molecule has 0 radical (unpaired) electrons. The van der Waals surface area contributed by atoms with Crippen molar-refractivity contribution in [2.45, 2.75) is 38.0 Å². The minimum Gasteiger partial charge on any atom is -0.481 e. The quantitative estimate of drug-likeness (QED) is 0.801. The first-order valence-corrected chi connectivity index (χ1v) is 10.4. The fourth-order valence-corrected chi connectivity index (χ4v) is 5.11. The average molecular weight is 408 g/mol. The molecule has 3 N–H and O–H groups in total. The molecule has 2 aliphatic carbocycles. The highest BCUT2D eigenvalue weighted by atomic mass is 16.5. The van der Waals surface area contributed by atoms with E-state index in [2.05, 4.69) is 22.1 Å². The first kappa shape index (κ1) is 18.8. The van der Waals surface area contributed by atoms with E-state index in [1.807, 2.05) is 12.1 Å². The maximum Gasteiger partial charge on any atom is 0.307 e. The van der Waals surface area contributed by atoms with Crippen LogP contribution in [-0.2, 0) is 4.79 Å². The van der Waals surface area contributed by atoms with Gasteiger partial charge in [-0.2, -0.15) is 0 Å². The smallest absolute Gasteiger partial charge is 0.307 e. The number of carbonyl (C=O) groups is 2. The zero-order chi connectivity index (χ0) is 20.9. The largest absolute Gasteiger partial charge is 0.481 e. The Balaban J connectivity index is 1.30. The number of nitrogens with two attached hydrogens (primary N) is 1. The first-order valence-electron chi connectivity index (χ1n) is 10.4. The van der Waals surface area contributed by atoms with Gasteiger partial charge in [0.1, 0.15) is 24.3 Å². The minimum absolute atomic E-state index is 0.0517. The lowest BCUT2D eigenvalue weighted by molar-refractivity contribution is -0.139. The molecular weight excluding hydrogens is 384 g/mol. The lowest BCUT2D eigenvalue weighted by Gasteiger charge is -2.29. The second kappa shape index (κ2) is 6.97. The van der Waals surface area contributed by atoms with Gasteiger partial charge in [0.25, 0.3) is 5.91 Å². The van der Waals surface area contributed by atoms with E-state index >= 15 is 0 Å². The van der Waals surface area contributed by atoms with Crippen LogP contribution in [0.25, 0.3) is 0 Å². The van der Waals surface area contributed by atoms with Gasteiger partial charge in [0.15, 0.2) is 0 Å². The molecule has 30 heavy (non-hydrogen) atoms. The number of hydrogen-bond acceptors (Lipinski definition) is 6. The highest BCUT2D eigenvalue weighted by molar-refractivity contribution is 6.10. The Hall–Kier alpha value is -3.16. The van der Waals surface area contributed by atoms with Gasteiger partial charge in [0, 0.05) is 5.69 Å². The number of hydrogen-bond donors (Lipinski definition) is 2. The van der Waals surface area contributed by atoms with E-state index in [1.54, 1.807) is 4.90 Å². The van der Waals surface area contributed by atoms with Crippen molar-refractivity contribution < 1.29 is 19.4 Å². The molecule has 1 amide bonds. The topological polar surface area (TPSA) is 119 Å². The molecule has 2 heterocycles. The highest BCUT2D eigenvalue weighted by Crippen LogP contribution is 2.63. The van der Waals surface area contributed by atoms with Crippen LogP contribution in [-0.4, -0.2) is 40.1 Å². The van der Waals surface area contributed by atoms with Crippen LogP contribution in [0.5, 0.6) is 5.88 Å². The lowest BCUT2D eigenvalue weighted by Crippen LogP contribution is -2.32. The molecule has 1 aromatic carbocycles. The molecular formula is C22H24N4O4. The molecule has 156 valence electrons. The van der Waals surface area contributed by atoms with Crippen LogP contribution in [0, 0.1) is 11.3 Å². The van der Waals surface area contributed by atoms with E-state index in [0.29, 0.717) is 19.1 Å². The van der Waals surface area contributed by atoms with Gasteiger partial charge in [0.2, 0.25) is 5.88 Å². The van der Waals surface area contributed by atoms with E-state index in [1.165, 1.54) is 11.9 Å². The first-order chi connectivity index (χ1) is 14.5. The van der Waals surface area contributed by atoms with Crippen LogP contribution in [0.1, 0.15) is 53.9 Å². The van der Waals surface area contributed by atoms with Crippen LogP contribution in [0.2, 0.25) is 0 Å². The number of amides is 1. The Kier molecular flexibility index (Phi) is 4.38. The second-order valence-electron chi connectivity index (χ2n) is 8.57. The Morgan fingerprint density at radius 2 is 1.93 bits per heavy atom. The lowest BCUT2D eigenvalue weighted by atomic mass is 9.76. The molecule has 0 saturated heterocycles. The maximum absolute atomic E-state index is 13.0. The predicted molar refractivity (Wildman–Crippen MR) is 109 cm³/mol. The van der Waals surface area contributed by atoms with Crippen LogP contribution in [0.4, 0.5) is 11.5 Å². The molecule has 2 saturated carbocycles. The van der Waals surface area contributed by atoms with E-state index in [4.69, 9.17) is 10.5 Å². The monoisotopic (exact) mass is 408 g/mol. The van der Waals surface area contributed by atoms with Crippen molar-refractivity contribution in [3.8, 4) is 5.88 Å². The number of nitrogens with zero attached hydrogens (tertiary/aromatic N) is 3. The van der Waals surface area contributed by atoms with Gasteiger partial charge in [-0.05, 0) is 61.1 Å². The Bertz CT molecular complexity index is 999. The van der Waals surface area contributed by atoms with Crippen molar-refractivity contribution >= 4 is 23.4 Å². The van der Waals surface area contributed by atoms with Crippen molar-refractivity contribution in [2.24, 2.45) is 11.3 Å². The standard InChI is InChI=1S/C22H24N4O4/c23-18-17-19(25-12-24-18)30-10-9-26(20(17)27)15-3-1-13(2-4-15)14-5-7-22(8-6-14)11-16(22)21(28)29/h1-4,12,14,16H,5-11H2,(H,28,29)(H2,23,24,25)/t14-,16?,22-. The van der Waals surface area contributed by atoms with E-state index in [0.717, 1.165) is 37.8 Å². The minimum atomic E-state index is -0.642. The van der Waals surface area contributed by atoms with Crippen molar-refractivity contribution in [1.29, 1.82) is 0 Å². The molecule has 1 unspecified atom stereocenters. The number of benzene rings is 1. The zero-order valence-corrected chi connectivity index (χ0v) is 16.6. The number of carbonyl (C=O) groups excluding carboxylic acids is 1. The number of ether oxygens (including phenoxy) is 1. The summed E-state index contributed by atoms with van der Waals surface area (Å²) in [5.41, 5.74) is 8.18. The fraction of sp³-hybridized carbons (Fsp3) is 0.455. The van der Waals surface area contributed by atoms with Gasteiger partial charge in [-0.1, -0.05) is 12.1 Å². The van der Waals surface area contributed by atoms with Gasteiger partial charge >= 0.3 is 5.97 Å². The van der Waals surface area contributed by atoms with E-state index in [-0.39, 0.29) is 34.5 Å². The summed E-state index contributed by atoms with van der Waals surface area (Å²) in [5, 5.41) is 9.27. The number of aromatic nitrogens is 2. The number of carboxylic acids is 1. The van der Waals surface area contributed by atoms with Gasteiger partial charge in [0.05, 0.1) is 12.5 Å². The molecule has 8 heteroatoms. The summed E-state index contributed by atoms with van der Waals surface area (Å²) in [6.45, 7) is 0.725. The zero-order valence-electron chi connectivity index (χ0n) is 16.6. The van der Waals surface area contributed by atoms with E-state index < -0.39 is 5.97 Å². The molecule has 1 aromatic heterocycles. The van der Waals surface area contributed by atoms with Crippen molar-refractivity contribution in [3.05, 3.63) is 41.7 Å². The second-order valence-corrected chi connectivity index (χ2v) is 8.57. The number of rotatable bonds is 3. The maximum atomic E-state index is 13.0. The predicted octanol–water partition coefficient (Wildman–Crippen LogP) is 2.85. The van der Waals surface area contributed by atoms with Crippen LogP contribution in [0.15, 0.2) is 30.6 Å². The molecule has 8 nitrogen and oxygen atoms in total. The SMILES string of the molecule is Nc1ncnc2c1C(=O)N(c1ccc([C@H]3CC[C@]4(CC3)CC4C(=O)O)cc1)CCO2. The third-order valence-electron chi connectivity index (χ3n) is 7.00. The summed E-state index contributed by atoms with van der Waals surface area (Å²) in [7, 11) is 0. The van der Waals surface area contributed by atoms with Gasteiger partial charge in [-0.25, -0.2) is 9.97 Å². The number of nitrogen functional groups attached to an aromatic ring is 1. The van der Waals surface area contributed by atoms with Crippen molar-refractivity contribution in [3.63, 3.8) is 0 Å². The molecule has 0 bridgehead atoms. The van der Waals surface area contributed by atoms with Crippen molar-refractivity contribution in [2.75, 3.05) is 23.8 Å². The number of aliphatic carboxylic acids is 1. The summed E-state index contributed by atoms with van der Waals surface area (Å²) in [4.78, 5) is 33.9. The summed E-state index contributed by atoms with van der Waals surface area (Å²) < 4.78 is 5.59. The highest BCUT2D eigenvalue weighted by Gasteiger charge is 2.58. The number of carboxylic acid groups (broad SMARTS) is 1. The Morgan fingerprint density at radius 3 is 2.60 bits per heavy atom. The third kappa shape index (κ3) is 3.07. The summed E-state index contributed by atoms with van der Waals surface area (Å²) >= 11 is 0. The molecule has 2 fully saturated rings. The fourth-order valence-electron chi connectivity index (χ4n) is 5.11. The number of anilines is 2. The van der Waals surface area contributed by atoms with Gasteiger partial charge < -0.3 is 20.5 Å². The molecule has 3 aliphatic rings. The van der Waals surface area contributed by atoms with Crippen LogP contribution in [0.3, 0.4) is 0 Å². The van der Waals surface area contributed by atoms with Crippen molar-refractivity contribution in [1.82, 2.24) is 9.97 Å². The Labute approximate surface area is 174 Å². The molecule has 1 aliphatic heterocycles. The number of fused-ring (bicyclic) bond motifs is 1. The summed E-state index contributed by atoms with van der Waals surface area (Å²) in [6.07, 6.45) is 6.12. The van der Waals surface area contributed by atoms with Gasteiger partial charge in [-0.15, -0.1) is 0 Å². The normalized spacial score (nSPS) is 27.9. The third-order valence-corrected chi connectivity index (χ3v) is 7.00. The van der Waals surface area contributed by atoms with Crippen LogP contribution >= 0.6 is 0 Å². The summed E-state index contributed by atoms with van der Waals surface area (Å²) in [6, 6.07) is 8.06. The Morgan fingerprint density at radius 1 is 1.20 bits per heavy atom. The van der Waals surface area contributed by atoms with E-state index in [9.17, 15) is 14.7 Å². The molecule has 1 spiro atoms. The molecule has 2 aromatic rings. The average Bonchev–Trinajstić information content (AvgIpc) is 3.48.